The third-order valence-electron chi connectivity index (χ3n) is 4.38. The van der Waals surface area contributed by atoms with Crippen molar-refractivity contribution in [1.82, 2.24) is 9.80 Å². The molecule has 1 aliphatic carbocycles. The van der Waals surface area contributed by atoms with E-state index in [0.717, 1.165) is 19.4 Å². The molecule has 1 aliphatic rings. The Kier molecular flexibility index (Phi) is 4.55. The van der Waals surface area contributed by atoms with E-state index in [2.05, 4.69) is 19.0 Å². The summed E-state index contributed by atoms with van der Waals surface area (Å²) in [6.07, 6.45) is 3.57. The van der Waals surface area contributed by atoms with Crippen LogP contribution in [0.25, 0.3) is 0 Å². The van der Waals surface area contributed by atoms with Gasteiger partial charge in [-0.2, -0.15) is 0 Å². The van der Waals surface area contributed by atoms with E-state index >= 15 is 0 Å². The zero-order valence-electron chi connectivity index (χ0n) is 12.5. The summed E-state index contributed by atoms with van der Waals surface area (Å²) in [5.74, 6) is -0.587. The number of rotatable bonds is 6. The molecule has 1 aromatic carbocycles. The first-order valence-electron chi connectivity index (χ1n) is 7.08. The third-order valence-corrected chi connectivity index (χ3v) is 4.38. The van der Waals surface area contributed by atoms with E-state index in [4.69, 9.17) is 0 Å². The second-order valence-electron chi connectivity index (χ2n) is 6.05. The first kappa shape index (κ1) is 15.1. The molecular formula is C16H23FN2O. The van der Waals surface area contributed by atoms with Crippen molar-refractivity contribution in [2.75, 3.05) is 34.2 Å². The highest BCUT2D eigenvalue weighted by atomic mass is 19.1. The Morgan fingerprint density at radius 2 is 1.90 bits per heavy atom. The number of benzene rings is 1. The molecule has 1 fully saturated rings. The average Bonchev–Trinajstić information content (AvgIpc) is 2.33. The van der Waals surface area contributed by atoms with E-state index in [9.17, 15) is 9.18 Å². The molecule has 0 heterocycles. The van der Waals surface area contributed by atoms with Gasteiger partial charge in [-0.3, -0.25) is 9.69 Å². The molecule has 0 radical (unpaired) electrons. The maximum atomic E-state index is 13.6. The summed E-state index contributed by atoms with van der Waals surface area (Å²) in [6.45, 7) is 1.11. The van der Waals surface area contributed by atoms with Crippen molar-refractivity contribution in [3.05, 3.63) is 35.6 Å². The largest absolute Gasteiger partial charge is 0.302 e. The number of hydrogen-bond acceptors (Lipinski definition) is 3. The minimum atomic E-state index is -0.433. The minimum absolute atomic E-state index is 0.154. The Balaban J connectivity index is 1.96. The van der Waals surface area contributed by atoms with Gasteiger partial charge in [0.2, 0.25) is 0 Å². The number of carbonyl (C=O) groups excluding carboxylic acids is 1. The fourth-order valence-electron chi connectivity index (χ4n) is 2.91. The van der Waals surface area contributed by atoms with Crippen molar-refractivity contribution in [3.8, 4) is 0 Å². The topological polar surface area (TPSA) is 23.6 Å². The molecule has 0 saturated heterocycles. The van der Waals surface area contributed by atoms with Gasteiger partial charge in [0, 0.05) is 12.1 Å². The van der Waals surface area contributed by atoms with Crippen molar-refractivity contribution < 1.29 is 9.18 Å². The van der Waals surface area contributed by atoms with E-state index in [-0.39, 0.29) is 23.4 Å². The lowest BCUT2D eigenvalue weighted by Crippen LogP contribution is -2.57. The van der Waals surface area contributed by atoms with Crippen LogP contribution in [0.15, 0.2) is 24.3 Å². The van der Waals surface area contributed by atoms with Crippen LogP contribution in [0.2, 0.25) is 0 Å². The molecule has 110 valence electrons. The van der Waals surface area contributed by atoms with Crippen molar-refractivity contribution >= 4 is 5.78 Å². The summed E-state index contributed by atoms with van der Waals surface area (Å²) in [7, 11) is 6.11. The van der Waals surface area contributed by atoms with Gasteiger partial charge in [-0.15, -0.1) is 0 Å². The van der Waals surface area contributed by atoms with Crippen LogP contribution in [0.1, 0.15) is 29.6 Å². The molecule has 0 atom stereocenters. The van der Waals surface area contributed by atoms with E-state index in [0.29, 0.717) is 0 Å². The Morgan fingerprint density at radius 3 is 2.40 bits per heavy atom. The highest BCUT2D eigenvalue weighted by molar-refractivity contribution is 5.97. The second-order valence-corrected chi connectivity index (χ2v) is 6.05. The van der Waals surface area contributed by atoms with Crippen LogP contribution in [-0.4, -0.2) is 55.4 Å². The second kappa shape index (κ2) is 6.02. The van der Waals surface area contributed by atoms with Gasteiger partial charge in [0.15, 0.2) is 5.78 Å². The van der Waals surface area contributed by atoms with Crippen molar-refractivity contribution in [2.24, 2.45) is 0 Å². The molecule has 0 N–H and O–H groups in total. The van der Waals surface area contributed by atoms with E-state index in [1.807, 2.05) is 11.9 Å². The standard InChI is InChI=1S/C16H23FN2O/c1-18(2)16(9-6-10-16)12-19(3)11-15(20)13-7-4-5-8-14(13)17/h4-5,7-8H,6,9-12H2,1-3H3. The third kappa shape index (κ3) is 3.07. The van der Waals surface area contributed by atoms with Crippen molar-refractivity contribution in [3.63, 3.8) is 0 Å². The zero-order chi connectivity index (χ0) is 14.8. The maximum absolute atomic E-state index is 13.6. The lowest BCUT2D eigenvalue weighted by Gasteiger charge is -2.49. The molecule has 0 amide bonds. The van der Waals surface area contributed by atoms with Gasteiger partial charge >= 0.3 is 0 Å². The number of Topliss-reactive ketones (excluding diaryl/α,β-unsaturated/α-hetero) is 1. The van der Waals surface area contributed by atoms with E-state index < -0.39 is 5.82 Å². The predicted octanol–water partition coefficient (Wildman–Crippen LogP) is 2.42. The van der Waals surface area contributed by atoms with Crippen LogP contribution in [0.3, 0.4) is 0 Å². The maximum Gasteiger partial charge on any atom is 0.179 e. The van der Waals surface area contributed by atoms with Gasteiger partial charge < -0.3 is 4.90 Å². The van der Waals surface area contributed by atoms with Gasteiger partial charge in [-0.25, -0.2) is 4.39 Å². The molecule has 1 aromatic rings. The molecule has 0 aromatic heterocycles. The Bertz CT molecular complexity index is 483. The first-order chi connectivity index (χ1) is 9.44. The normalized spacial score (nSPS) is 17.3. The number of carbonyl (C=O) groups is 1. The van der Waals surface area contributed by atoms with Gasteiger partial charge in [-0.1, -0.05) is 12.1 Å². The fraction of sp³-hybridized carbons (Fsp3) is 0.562. The average molecular weight is 278 g/mol. The molecule has 20 heavy (non-hydrogen) atoms. The number of ketones is 1. The highest BCUT2D eigenvalue weighted by Crippen LogP contribution is 2.36. The smallest absolute Gasteiger partial charge is 0.179 e. The number of nitrogens with zero attached hydrogens (tertiary/aromatic N) is 2. The Morgan fingerprint density at radius 1 is 1.25 bits per heavy atom. The summed E-state index contributed by atoms with van der Waals surface area (Å²) >= 11 is 0. The molecular weight excluding hydrogens is 255 g/mol. The van der Waals surface area contributed by atoms with Crippen LogP contribution >= 0.6 is 0 Å². The van der Waals surface area contributed by atoms with Crippen molar-refractivity contribution in [1.29, 1.82) is 0 Å². The Hall–Kier alpha value is -1.26. The minimum Gasteiger partial charge on any atom is -0.302 e. The molecule has 0 spiro atoms. The van der Waals surface area contributed by atoms with Gasteiger partial charge in [-0.05, 0) is 52.5 Å². The molecule has 0 unspecified atom stereocenters. The van der Waals surface area contributed by atoms with Crippen LogP contribution < -0.4 is 0 Å². The fourth-order valence-corrected chi connectivity index (χ4v) is 2.91. The molecule has 3 nitrogen and oxygen atoms in total. The number of hydrogen-bond donors (Lipinski definition) is 0. The van der Waals surface area contributed by atoms with Crippen molar-refractivity contribution in [2.45, 2.75) is 24.8 Å². The summed E-state index contributed by atoms with van der Waals surface area (Å²) in [5.41, 5.74) is 0.372. The zero-order valence-corrected chi connectivity index (χ0v) is 12.5. The SMILES string of the molecule is CN(CC(=O)c1ccccc1F)CC1(N(C)C)CCC1. The van der Waals surface area contributed by atoms with Crippen LogP contribution in [0, 0.1) is 5.82 Å². The van der Waals surface area contributed by atoms with Gasteiger partial charge in [0.25, 0.3) is 0 Å². The molecule has 0 bridgehead atoms. The van der Waals surface area contributed by atoms with E-state index in [1.165, 1.54) is 12.5 Å². The van der Waals surface area contributed by atoms with Crippen LogP contribution in [-0.2, 0) is 0 Å². The molecule has 4 heteroatoms. The summed E-state index contributed by atoms with van der Waals surface area (Å²) in [6, 6.07) is 6.19. The van der Waals surface area contributed by atoms with Crippen LogP contribution in [0.4, 0.5) is 4.39 Å². The van der Waals surface area contributed by atoms with Crippen LogP contribution in [0.5, 0.6) is 0 Å². The monoisotopic (exact) mass is 278 g/mol. The first-order valence-corrected chi connectivity index (χ1v) is 7.08. The number of likely N-dealkylation sites (N-methyl/N-ethyl adjacent to an activating group) is 2. The van der Waals surface area contributed by atoms with Gasteiger partial charge in [0.1, 0.15) is 5.82 Å². The molecule has 1 saturated carbocycles. The highest BCUT2D eigenvalue weighted by Gasteiger charge is 2.39. The summed E-state index contributed by atoms with van der Waals surface area (Å²) < 4.78 is 13.6. The van der Waals surface area contributed by atoms with E-state index in [1.54, 1.807) is 18.2 Å². The molecule has 2 rings (SSSR count). The molecule has 0 aliphatic heterocycles. The quantitative estimate of drug-likeness (QED) is 0.747. The lowest BCUT2D eigenvalue weighted by molar-refractivity contribution is 0.0280. The lowest BCUT2D eigenvalue weighted by atomic mass is 9.75. The summed E-state index contributed by atoms with van der Waals surface area (Å²) in [5, 5.41) is 0. The summed E-state index contributed by atoms with van der Waals surface area (Å²) in [4.78, 5) is 16.4. The van der Waals surface area contributed by atoms with Gasteiger partial charge in [0.05, 0.1) is 12.1 Å². The number of halogens is 1. The predicted molar refractivity (Wildman–Crippen MR) is 78.5 cm³/mol. The Labute approximate surface area is 120 Å².